The Morgan fingerprint density at radius 3 is 2.11 bits per heavy atom. The second-order valence-corrected chi connectivity index (χ2v) is 8.16. The third-order valence-corrected chi connectivity index (χ3v) is 6.82. The van der Waals surface area contributed by atoms with Crippen LogP contribution in [0.1, 0.15) is 0 Å². The quantitative estimate of drug-likeness (QED) is 0.519. The molecule has 0 aromatic carbocycles. The fourth-order valence-electron chi connectivity index (χ4n) is 0.240. The Bertz CT molecular complexity index is 112. The fraction of sp³-hybridized carbons (Fsp3) is 1.00. The first-order valence-corrected chi connectivity index (χ1v) is 6.87. The highest BCUT2D eigenvalue weighted by atomic mass is 35.5. The lowest BCUT2D eigenvalue weighted by atomic mass is 11.8. The molecule has 0 N–H and O–H groups in total. The van der Waals surface area contributed by atoms with Crippen molar-refractivity contribution in [2.75, 3.05) is 19.4 Å². The topological polar surface area (TPSA) is 18.5 Å². The molecule has 0 unspecified atom stereocenters. The van der Waals surface area contributed by atoms with Crippen molar-refractivity contribution >= 4 is 40.5 Å². The van der Waals surface area contributed by atoms with Crippen LogP contribution in [-0.2, 0) is 20.9 Å². The van der Waals surface area contributed by atoms with Crippen molar-refractivity contribution in [3.63, 3.8) is 0 Å². The van der Waals surface area contributed by atoms with Crippen LogP contribution in [0.3, 0.4) is 0 Å². The van der Waals surface area contributed by atoms with Gasteiger partial charge in [-0.05, 0) is 11.8 Å². The van der Waals surface area contributed by atoms with E-state index in [0.29, 0.717) is 5.21 Å². The third-order valence-electron chi connectivity index (χ3n) is 0.654. The summed E-state index contributed by atoms with van der Waals surface area (Å²) in [5.74, 6) is 0. The number of hydrogen-bond acceptors (Lipinski definition) is 4. The van der Waals surface area contributed by atoms with Crippen molar-refractivity contribution in [1.29, 1.82) is 0 Å². The molecule has 0 saturated heterocycles. The van der Waals surface area contributed by atoms with Crippen LogP contribution in [0.25, 0.3) is 0 Å². The first-order valence-electron chi connectivity index (χ1n) is 2.10. The maximum atomic E-state index is 5.41. The van der Waals surface area contributed by atoms with Gasteiger partial charge in [0.15, 0.2) is 0 Å². The zero-order valence-electron chi connectivity index (χ0n) is 5.17. The lowest BCUT2D eigenvalue weighted by Crippen LogP contribution is -1.81. The average molecular weight is 207 g/mol. The molecule has 0 spiro atoms. The van der Waals surface area contributed by atoms with E-state index in [1.54, 1.807) is 0 Å². The summed E-state index contributed by atoms with van der Waals surface area (Å²) in [4.78, 5) is 0. The fourth-order valence-corrected chi connectivity index (χ4v) is 3.86. The minimum Gasteiger partial charge on any atom is -0.325 e. The van der Waals surface area contributed by atoms with Crippen molar-refractivity contribution < 1.29 is 9.05 Å². The molecule has 0 aromatic heterocycles. The first-order chi connectivity index (χ1) is 4.18. The van der Waals surface area contributed by atoms with Crippen LogP contribution in [0.4, 0.5) is 0 Å². The SMILES string of the molecule is COP(=S)(OC)SCCl. The molecule has 2 nitrogen and oxygen atoms in total. The number of hydrogen-bond donors (Lipinski definition) is 0. The van der Waals surface area contributed by atoms with E-state index in [4.69, 9.17) is 32.5 Å². The molecule has 0 bridgehead atoms. The smallest absolute Gasteiger partial charge is 0.247 e. The Morgan fingerprint density at radius 1 is 1.56 bits per heavy atom. The van der Waals surface area contributed by atoms with E-state index in [1.807, 2.05) is 0 Å². The molecule has 0 aliphatic carbocycles. The van der Waals surface area contributed by atoms with E-state index in [0.717, 1.165) is 0 Å². The monoisotopic (exact) mass is 206 g/mol. The zero-order chi connectivity index (χ0) is 7.33. The van der Waals surface area contributed by atoms with Gasteiger partial charge in [-0.3, -0.25) is 0 Å². The Kier molecular flexibility index (Phi) is 5.60. The van der Waals surface area contributed by atoms with Crippen LogP contribution in [-0.4, -0.2) is 19.4 Å². The zero-order valence-corrected chi connectivity index (χ0v) is 8.45. The summed E-state index contributed by atoms with van der Waals surface area (Å²) in [7, 11) is 3.06. The van der Waals surface area contributed by atoms with Gasteiger partial charge >= 0.3 is 0 Å². The summed E-state index contributed by atoms with van der Waals surface area (Å²) in [6.07, 6.45) is 0. The van der Waals surface area contributed by atoms with E-state index in [-0.39, 0.29) is 0 Å². The van der Waals surface area contributed by atoms with E-state index >= 15 is 0 Å². The molecule has 6 heteroatoms. The van der Waals surface area contributed by atoms with Gasteiger partial charge in [0.1, 0.15) is 0 Å². The van der Waals surface area contributed by atoms with Crippen molar-refractivity contribution in [2.45, 2.75) is 0 Å². The minimum atomic E-state index is -2.06. The van der Waals surface area contributed by atoms with Crippen LogP contribution in [0.15, 0.2) is 0 Å². The molecule has 0 aromatic rings. The van der Waals surface area contributed by atoms with Gasteiger partial charge < -0.3 is 9.05 Å². The highest BCUT2D eigenvalue weighted by Crippen LogP contribution is 2.59. The lowest BCUT2D eigenvalue weighted by Gasteiger charge is -2.13. The predicted octanol–water partition coefficient (Wildman–Crippen LogP) is 2.43. The minimum absolute atomic E-state index is 0.416. The molecule has 0 fully saturated rings. The van der Waals surface area contributed by atoms with Gasteiger partial charge in [0.05, 0.1) is 5.21 Å². The van der Waals surface area contributed by atoms with Gasteiger partial charge in [-0.15, -0.1) is 11.6 Å². The third kappa shape index (κ3) is 3.81. The molecule has 0 atom stereocenters. The lowest BCUT2D eigenvalue weighted by molar-refractivity contribution is 0.354. The van der Waals surface area contributed by atoms with E-state index in [1.165, 1.54) is 25.6 Å². The molecule has 0 saturated carbocycles. The Balaban J connectivity index is 3.78. The molecule has 0 rings (SSSR count). The van der Waals surface area contributed by atoms with E-state index < -0.39 is 5.69 Å². The van der Waals surface area contributed by atoms with Crippen molar-refractivity contribution in [1.82, 2.24) is 0 Å². The molecule has 0 aliphatic heterocycles. The summed E-state index contributed by atoms with van der Waals surface area (Å²) in [5, 5.41) is 0.416. The highest BCUT2D eigenvalue weighted by molar-refractivity contribution is 8.68. The molecule has 0 aliphatic rings. The van der Waals surface area contributed by atoms with Gasteiger partial charge in [-0.2, -0.15) is 0 Å². The predicted molar refractivity (Wildman–Crippen MR) is 46.6 cm³/mol. The maximum Gasteiger partial charge on any atom is 0.247 e. The number of alkyl halides is 1. The Hall–Kier alpha value is 1.21. The van der Waals surface area contributed by atoms with Crippen LogP contribution in [0.2, 0.25) is 0 Å². The second-order valence-electron chi connectivity index (χ2n) is 1.05. The summed E-state index contributed by atoms with van der Waals surface area (Å²) in [6, 6.07) is 0. The van der Waals surface area contributed by atoms with E-state index in [2.05, 4.69) is 0 Å². The largest absolute Gasteiger partial charge is 0.325 e. The Morgan fingerprint density at radius 2 is 2.00 bits per heavy atom. The van der Waals surface area contributed by atoms with Gasteiger partial charge in [0.25, 0.3) is 0 Å². The average Bonchev–Trinajstić information content (AvgIpc) is 1.89. The van der Waals surface area contributed by atoms with Gasteiger partial charge in [0, 0.05) is 14.2 Å². The van der Waals surface area contributed by atoms with Crippen LogP contribution in [0, 0.1) is 0 Å². The van der Waals surface area contributed by atoms with Crippen LogP contribution >= 0.6 is 28.7 Å². The molecule has 9 heavy (non-hydrogen) atoms. The highest BCUT2D eigenvalue weighted by Gasteiger charge is 2.13. The van der Waals surface area contributed by atoms with Crippen molar-refractivity contribution in [3.8, 4) is 0 Å². The van der Waals surface area contributed by atoms with Gasteiger partial charge in [-0.1, -0.05) is 11.4 Å². The second kappa shape index (κ2) is 4.94. The van der Waals surface area contributed by atoms with Crippen molar-refractivity contribution in [2.24, 2.45) is 0 Å². The molecule has 0 radical (unpaired) electrons. The molecule has 56 valence electrons. The number of rotatable bonds is 4. The normalized spacial score (nSPS) is 11.9. The molecule has 0 heterocycles. The first kappa shape index (κ1) is 10.2. The summed E-state index contributed by atoms with van der Waals surface area (Å²) in [5.41, 5.74) is -2.06. The van der Waals surface area contributed by atoms with Crippen LogP contribution < -0.4 is 0 Å². The number of halogens is 1. The summed E-state index contributed by atoms with van der Waals surface area (Å²) >= 11 is 11.7. The molecular weight excluding hydrogens is 199 g/mol. The van der Waals surface area contributed by atoms with Gasteiger partial charge in [-0.25, -0.2) is 0 Å². The maximum absolute atomic E-state index is 5.41. The Labute approximate surface area is 69.2 Å². The standard InChI is InChI=1S/C3H8ClO2PS2/c1-5-7(8,6-2)9-3-4/h3H2,1-2H3. The summed E-state index contributed by atoms with van der Waals surface area (Å²) in [6.45, 7) is 0. The summed E-state index contributed by atoms with van der Waals surface area (Å²) < 4.78 is 9.82. The van der Waals surface area contributed by atoms with Gasteiger partial charge in [0.2, 0.25) is 5.69 Å². The van der Waals surface area contributed by atoms with Crippen molar-refractivity contribution in [3.05, 3.63) is 0 Å². The van der Waals surface area contributed by atoms with E-state index in [9.17, 15) is 0 Å². The molecule has 0 amide bonds. The molecular formula is C3H8ClO2PS2. The van der Waals surface area contributed by atoms with Crippen LogP contribution in [0.5, 0.6) is 0 Å².